The normalized spacial score (nSPS) is 43.9. The van der Waals surface area contributed by atoms with Gasteiger partial charge in [-0.1, -0.05) is 0 Å². The molecule has 0 aromatic carbocycles. The van der Waals surface area contributed by atoms with Crippen LogP contribution in [0.1, 0.15) is 6.92 Å². The number of hydrogen-bond donors (Lipinski definition) is 4. The molecular weight excluding hydrogens is 192 g/mol. The van der Waals surface area contributed by atoms with Crippen molar-refractivity contribution in [3.05, 3.63) is 0 Å². The van der Waals surface area contributed by atoms with Gasteiger partial charge in [0.25, 0.3) is 0 Å². The average molecular weight is 208 g/mol. The molecule has 0 aliphatic carbocycles. The smallest absolute Gasteiger partial charge is 0.184 e. The van der Waals surface area contributed by atoms with Crippen LogP contribution < -0.4 is 0 Å². The molecule has 1 fully saturated rings. The molecule has 0 radical (unpaired) electrons. The Morgan fingerprint density at radius 3 is 2.43 bits per heavy atom. The first kappa shape index (κ1) is 11.8. The lowest BCUT2D eigenvalue weighted by Crippen LogP contribution is -2.57. The summed E-state index contributed by atoms with van der Waals surface area (Å²) in [7, 11) is 0. The zero-order chi connectivity index (χ0) is 10.7. The Balaban J connectivity index is 2.55. The molecule has 0 bridgehead atoms. The average Bonchev–Trinajstić information content (AvgIpc) is 2.14. The van der Waals surface area contributed by atoms with Crippen LogP contribution in [0, 0.1) is 0 Å². The number of rotatable bonds is 3. The van der Waals surface area contributed by atoms with Crippen LogP contribution >= 0.6 is 0 Å². The predicted molar refractivity (Wildman–Crippen MR) is 45.4 cm³/mol. The molecule has 0 aromatic rings. The lowest BCUT2D eigenvalue weighted by atomic mass is 10.00. The van der Waals surface area contributed by atoms with Crippen molar-refractivity contribution in [3.8, 4) is 0 Å². The lowest BCUT2D eigenvalue weighted by Gasteiger charge is -2.39. The van der Waals surface area contributed by atoms with Crippen molar-refractivity contribution < 1.29 is 29.9 Å². The molecule has 4 N–H and O–H groups in total. The second-order valence-corrected chi connectivity index (χ2v) is 3.27. The zero-order valence-corrected chi connectivity index (χ0v) is 7.91. The topological polar surface area (TPSA) is 99.4 Å². The van der Waals surface area contributed by atoms with Gasteiger partial charge < -0.3 is 29.9 Å². The summed E-state index contributed by atoms with van der Waals surface area (Å²) in [5.74, 6) is 0. The van der Waals surface area contributed by atoms with E-state index >= 15 is 0 Å². The first-order valence-corrected chi connectivity index (χ1v) is 4.50. The molecule has 0 amide bonds. The SMILES string of the molecule is CC1OC(O)C(OCCO)C(O)C1O. The Kier molecular flexibility index (Phi) is 4.24. The van der Waals surface area contributed by atoms with Gasteiger partial charge in [-0.15, -0.1) is 0 Å². The van der Waals surface area contributed by atoms with Gasteiger partial charge in [0.2, 0.25) is 0 Å². The standard InChI is InChI=1S/C8H16O6/c1-4-5(10)6(11)7(8(12)14-4)13-3-2-9/h4-12H,2-3H2,1H3. The van der Waals surface area contributed by atoms with Crippen LogP contribution in [0.4, 0.5) is 0 Å². The second-order valence-electron chi connectivity index (χ2n) is 3.27. The number of ether oxygens (including phenoxy) is 2. The summed E-state index contributed by atoms with van der Waals surface area (Å²) in [4.78, 5) is 0. The molecule has 1 saturated heterocycles. The van der Waals surface area contributed by atoms with Crippen LogP contribution in [0.3, 0.4) is 0 Å². The van der Waals surface area contributed by atoms with Gasteiger partial charge in [-0.2, -0.15) is 0 Å². The Hall–Kier alpha value is -0.240. The molecule has 84 valence electrons. The third kappa shape index (κ3) is 2.41. The molecular formula is C8H16O6. The van der Waals surface area contributed by atoms with Crippen molar-refractivity contribution >= 4 is 0 Å². The molecule has 6 nitrogen and oxygen atoms in total. The van der Waals surface area contributed by atoms with Crippen LogP contribution in [0.15, 0.2) is 0 Å². The van der Waals surface area contributed by atoms with Gasteiger partial charge >= 0.3 is 0 Å². The van der Waals surface area contributed by atoms with Gasteiger partial charge in [-0.05, 0) is 6.92 Å². The van der Waals surface area contributed by atoms with E-state index in [1.54, 1.807) is 6.92 Å². The highest BCUT2D eigenvalue weighted by Crippen LogP contribution is 2.21. The molecule has 0 spiro atoms. The maximum atomic E-state index is 9.51. The summed E-state index contributed by atoms with van der Waals surface area (Å²) >= 11 is 0. The minimum absolute atomic E-state index is 0.0246. The Morgan fingerprint density at radius 1 is 1.21 bits per heavy atom. The largest absolute Gasteiger partial charge is 0.394 e. The molecule has 5 unspecified atom stereocenters. The summed E-state index contributed by atoms with van der Waals surface area (Å²) in [6.07, 6.45) is -5.25. The first-order valence-electron chi connectivity index (χ1n) is 4.50. The quantitative estimate of drug-likeness (QED) is 0.421. The first-order chi connectivity index (χ1) is 6.57. The van der Waals surface area contributed by atoms with Crippen LogP contribution in [0.25, 0.3) is 0 Å². The van der Waals surface area contributed by atoms with E-state index in [1.807, 2.05) is 0 Å². The third-order valence-electron chi connectivity index (χ3n) is 2.20. The van der Waals surface area contributed by atoms with E-state index in [0.717, 1.165) is 0 Å². The fourth-order valence-electron chi connectivity index (χ4n) is 1.39. The molecule has 0 saturated carbocycles. The van der Waals surface area contributed by atoms with E-state index in [-0.39, 0.29) is 13.2 Å². The van der Waals surface area contributed by atoms with Crippen LogP contribution in [-0.4, -0.2) is 64.3 Å². The Bertz CT molecular complexity index is 175. The van der Waals surface area contributed by atoms with Gasteiger partial charge in [0.1, 0.15) is 18.3 Å². The van der Waals surface area contributed by atoms with Crippen molar-refractivity contribution in [1.82, 2.24) is 0 Å². The fourth-order valence-corrected chi connectivity index (χ4v) is 1.39. The highest BCUT2D eigenvalue weighted by molar-refractivity contribution is 4.87. The van der Waals surface area contributed by atoms with Gasteiger partial charge in [0.05, 0.1) is 19.3 Å². The Labute approximate surface area is 81.7 Å². The summed E-state index contributed by atoms with van der Waals surface area (Å²) in [5, 5.41) is 36.8. The highest BCUT2D eigenvalue weighted by atomic mass is 16.7. The third-order valence-corrected chi connectivity index (χ3v) is 2.20. The van der Waals surface area contributed by atoms with E-state index < -0.39 is 30.7 Å². The van der Waals surface area contributed by atoms with Gasteiger partial charge in [0.15, 0.2) is 6.29 Å². The molecule has 1 aliphatic heterocycles. The summed E-state index contributed by atoms with van der Waals surface area (Å²) < 4.78 is 9.86. The van der Waals surface area contributed by atoms with Gasteiger partial charge in [0, 0.05) is 0 Å². The molecule has 1 rings (SSSR count). The minimum atomic E-state index is -1.28. The van der Waals surface area contributed by atoms with Crippen molar-refractivity contribution in [2.45, 2.75) is 37.6 Å². The summed E-state index contributed by atoms with van der Waals surface area (Å²) in [6.45, 7) is 1.30. The summed E-state index contributed by atoms with van der Waals surface area (Å²) in [5.41, 5.74) is 0. The van der Waals surface area contributed by atoms with Crippen molar-refractivity contribution in [3.63, 3.8) is 0 Å². The van der Waals surface area contributed by atoms with E-state index in [2.05, 4.69) is 0 Å². The maximum absolute atomic E-state index is 9.51. The van der Waals surface area contributed by atoms with Crippen LogP contribution in [0.5, 0.6) is 0 Å². The molecule has 1 heterocycles. The van der Waals surface area contributed by atoms with Crippen LogP contribution in [0.2, 0.25) is 0 Å². The lowest BCUT2D eigenvalue weighted by molar-refractivity contribution is -0.288. The van der Waals surface area contributed by atoms with Crippen molar-refractivity contribution in [1.29, 1.82) is 0 Å². The van der Waals surface area contributed by atoms with Gasteiger partial charge in [-0.25, -0.2) is 0 Å². The number of hydrogen-bond acceptors (Lipinski definition) is 6. The van der Waals surface area contributed by atoms with E-state index in [9.17, 15) is 15.3 Å². The van der Waals surface area contributed by atoms with E-state index in [4.69, 9.17) is 14.6 Å². The minimum Gasteiger partial charge on any atom is -0.394 e. The van der Waals surface area contributed by atoms with Gasteiger partial charge in [-0.3, -0.25) is 0 Å². The molecule has 6 heteroatoms. The van der Waals surface area contributed by atoms with Crippen molar-refractivity contribution in [2.24, 2.45) is 0 Å². The molecule has 5 atom stereocenters. The molecule has 1 aliphatic rings. The predicted octanol–water partition coefficient (Wildman–Crippen LogP) is -2.18. The molecule has 0 aromatic heterocycles. The summed E-state index contributed by atoms with van der Waals surface area (Å²) in [6, 6.07) is 0. The number of aliphatic hydroxyl groups excluding tert-OH is 4. The van der Waals surface area contributed by atoms with Crippen molar-refractivity contribution in [2.75, 3.05) is 13.2 Å². The zero-order valence-electron chi connectivity index (χ0n) is 7.91. The van der Waals surface area contributed by atoms with E-state index in [0.29, 0.717) is 0 Å². The fraction of sp³-hybridized carbons (Fsp3) is 1.00. The maximum Gasteiger partial charge on any atom is 0.184 e. The Morgan fingerprint density at radius 2 is 1.86 bits per heavy atom. The monoisotopic (exact) mass is 208 g/mol. The van der Waals surface area contributed by atoms with E-state index in [1.165, 1.54) is 0 Å². The second kappa shape index (κ2) is 5.01. The molecule has 14 heavy (non-hydrogen) atoms. The van der Waals surface area contributed by atoms with Crippen LogP contribution in [-0.2, 0) is 9.47 Å². The highest BCUT2D eigenvalue weighted by Gasteiger charge is 2.42. The number of aliphatic hydroxyl groups is 4.